The molecule has 1 aromatic heterocycles. The number of hydrogen-bond acceptors (Lipinski definition) is 1. The topological polar surface area (TPSA) is 0 Å². The Bertz CT molecular complexity index is 2900. The van der Waals surface area contributed by atoms with Crippen LogP contribution in [-0.2, 0) is 5.41 Å². The van der Waals surface area contributed by atoms with E-state index >= 15 is 0 Å². The van der Waals surface area contributed by atoms with Crippen molar-refractivity contribution >= 4 is 42.3 Å². The van der Waals surface area contributed by atoms with Crippen LogP contribution in [0.3, 0.4) is 0 Å². The van der Waals surface area contributed by atoms with Gasteiger partial charge in [-0.15, -0.1) is 11.3 Å². The average Bonchev–Trinajstić information content (AvgIpc) is 3.86. The van der Waals surface area contributed by atoms with E-state index in [-0.39, 0.29) is 5.41 Å². The molecule has 3 aliphatic rings. The van der Waals surface area contributed by atoms with Crippen molar-refractivity contribution in [1.82, 2.24) is 0 Å². The van der Waals surface area contributed by atoms with Gasteiger partial charge in [0.1, 0.15) is 0 Å². The van der Waals surface area contributed by atoms with E-state index in [0.29, 0.717) is 0 Å². The lowest BCUT2D eigenvalue weighted by atomic mass is 9.70. The highest BCUT2D eigenvalue weighted by atomic mass is 32.1. The van der Waals surface area contributed by atoms with Crippen molar-refractivity contribution in [2.75, 3.05) is 0 Å². The normalized spacial score (nSPS) is 16.0. The molecule has 0 radical (unpaired) electrons. The molecule has 0 bridgehead atoms. The van der Waals surface area contributed by atoms with Crippen molar-refractivity contribution in [3.8, 4) is 55.6 Å². The van der Waals surface area contributed by atoms with Crippen molar-refractivity contribution in [3.63, 3.8) is 0 Å². The summed E-state index contributed by atoms with van der Waals surface area (Å²) in [5, 5.41) is 5.43. The fourth-order valence-electron chi connectivity index (χ4n) is 9.58. The van der Waals surface area contributed by atoms with Crippen LogP contribution in [0, 0.1) is 0 Å². The van der Waals surface area contributed by atoms with Crippen LogP contribution in [-0.4, -0.2) is 0 Å². The zero-order valence-electron chi connectivity index (χ0n) is 25.9. The van der Waals surface area contributed by atoms with Gasteiger partial charge in [0.2, 0.25) is 0 Å². The number of fused-ring (bicyclic) bond motifs is 17. The van der Waals surface area contributed by atoms with Gasteiger partial charge in [-0.2, -0.15) is 0 Å². The van der Waals surface area contributed by atoms with Crippen LogP contribution in [0.4, 0.5) is 0 Å². The van der Waals surface area contributed by atoms with E-state index in [4.69, 9.17) is 0 Å². The van der Waals surface area contributed by atoms with E-state index in [1.54, 1.807) is 0 Å². The molecule has 0 saturated carbocycles. The van der Waals surface area contributed by atoms with Crippen LogP contribution < -0.4 is 0 Å². The molecule has 3 aliphatic carbocycles. The summed E-state index contributed by atoms with van der Waals surface area (Å²) in [6.07, 6.45) is 0. The molecular formula is C47H26S. The first-order valence-corrected chi connectivity index (χ1v) is 17.6. The van der Waals surface area contributed by atoms with Gasteiger partial charge in [-0.3, -0.25) is 0 Å². The minimum atomic E-state index is -0.387. The fourth-order valence-corrected chi connectivity index (χ4v) is 10.7. The van der Waals surface area contributed by atoms with E-state index in [2.05, 4.69) is 158 Å². The van der Waals surface area contributed by atoms with Crippen LogP contribution in [0.5, 0.6) is 0 Å². The second-order valence-corrected chi connectivity index (χ2v) is 14.6. The summed E-state index contributed by atoms with van der Waals surface area (Å²) in [5.74, 6) is 0. The Morgan fingerprint density at radius 1 is 0.333 bits per heavy atom. The van der Waals surface area contributed by atoms with Gasteiger partial charge in [0.25, 0.3) is 0 Å². The lowest BCUT2D eigenvalue weighted by Gasteiger charge is -2.31. The van der Waals surface area contributed by atoms with Crippen LogP contribution in [0.2, 0.25) is 0 Å². The summed E-state index contributed by atoms with van der Waals surface area (Å²) in [6.45, 7) is 0. The van der Waals surface area contributed by atoms with E-state index < -0.39 is 0 Å². The molecule has 1 heterocycles. The van der Waals surface area contributed by atoms with Crippen LogP contribution in [0.15, 0.2) is 158 Å². The first kappa shape index (κ1) is 25.3. The van der Waals surface area contributed by atoms with E-state index in [1.165, 1.54) is 109 Å². The van der Waals surface area contributed by atoms with Crippen molar-refractivity contribution in [2.24, 2.45) is 0 Å². The molecule has 0 nitrogen and oxygen atoms in total. The molecular weight excluding hydrogens is 597 g/mol. The molecule has 1 spiro atoms. The van der Waals surface area contributed by atoms with Gasteiger partial charge in [-0.25, -0.2) is 0 Å². The number of benzene rings is 8. The summed E-state index contributed by atoms with van der Waals surface area (Å²) in [5.41, 5.74) is 18.5. The standard InChI is InChI=1S/C47H26S/c1-2-11-30-29(10-1)33-15-9-16-35-45(33)38(30)26-42-46(35)34-14-4-7-18-40(34)47(42)39-17-6-3-12-31(39)36-24-27(20-22-41(36)47)28-21-23-44-37(25-28)32-13-5-8-19-43(32)48-44/h1-26H. The molecule has 0 amide bonds. The number of hydrogen-bond donors (Lipinski definition) is 0. The summed E-state index contributed by atoms with van der Waals surface area (Å²) in [7, 11) is 0. The Morgan fingerprint density at radius 2 is 0.938 bits per heavy atom. The summed E-state index contributed by atoms with van der Waals surface area (Å²) >= 11 is 1.88. The Kier molecular flexibility index (Phi) is 4.63. The molecule has 0 aliphatic heterocycles. The maximum Gasteiger partial charge on any atom is 0.0725 e. The highest BCUT2D eigenvalue weighted by Crippen LogP contribution is 2.65. The lowest BCUT2D eigenvalue weighted by molar-refractivity contribution is 0.795. The Hall–Kier alpha value is -5.76. The largest absolute Gasteiger partial charge is 0.135 e. The molecule has 0 saturated heterocycles. The molecule has 8 aromatic carbocycles. The zero-order chi connectivity index (χ0) is 31.1. The van der Waals surface area contributed by atoms with Gasteiger partial charge in [-0.05, 0) is 119 Å². The lowest BCUT2D eigenvalue weighted by Crippen LogP contribution is -2.25. The molecule has 1 heteroatoms. The summed E-state index contributed by atoms with van der Waals surface area (Å²) < 4.78 is 2.69. The first-order chi connectivity index (χ1) is 23.8. The number of rotatable bonds is 1. The van der Waals surface area contributed by atoms with Gasteiger partial charge in [0, 0.05) is 20.2 Å². The zero-order valence-corrected chi connectivity index (χ0v) is 26.7. The quantitative estimate of drug-likeness (QED) is 0.171. The average molecular weight is 623 g/mol. The smallest absolute Gasteiger partial charge is 0.0725 e. The molecule has 0 N–H and O–H groups in total. The number of thiophene rings is 1. The molecule has 12 rings (SSSR count). The fraction of sp³-hybridized carbons (Fsp3) is 0.0213. The van der Waals surface area contributed by atoms with E-state index in [1.807, 2.05) is 11.3 Å². The van der Waals surface area contributed by atoms with Crippen molar-refractivity contribution in [3.05, 3.63) is 180 Å². The molecule has 0 fully saturated rings. The Labute approximate surface area is 282 Å². The van der Waals surface area contributed by atoms with Crippen LogP contribution in [0.25, 0.3) is 86.6 Å². The Balaban J connectivity index is 1.17. The first-order valence-electron chi connectivity index (χ1n) is 16.8. The van der Waals surface area contributed by atoms with Gasteiger partial charge < -0.3 is 0 Å². The van der Waals surface area contributed by atoms with Gasteiger partial charge in [0.05, 0.1) is 5.41 Å². The molecule has 48 heavy (non-hydrogen) atoms. The van der Waals surface area contributed by atoms with Gasteiger partial charge >= 0.3 is 0 Å². The van der Waals surface area contributed by atoms with Crippen LogP contribution in [0.1, 0.15) is 22.3 Å². The minimum absolute atomic E-state index is 0.387. The van der Waals surface area contributed by atoms with Crippen molar-refractivity contribution < 1.29 is 0 Å². The SMILES string of the molecule is c1ccc2c(c1)-c1cccc3c4c(cc-2c13)C1(c2ccccc2-c2cc(-c3ccc5sc6ccccc6c5c3)ccc21)c1ccccc1-4. The van der Waals surface area contributed by atoms with E-state index in [9.17, 15) is 0 Å². The summed E-state index contributed by atoms with van der Waals surface area (Å²) in [4.78, 5) is 0. The monoisotopic (exact) mass is 622 g/mol. The molecule has 9 aromatic rings. The van der Waals surface area contributed by atoms with Crippen molar-refractivity contribution in [2.45, 2.75) is 5.41 Å². The van der Waals surface area contributed by atoms with Crippen molar-refractivity contribution in [1.29, 1.82) is 0 Å². The van der Waals surface area contributed by atoms with E-state index in [0.717, 1.165) is 0 Å². The highest BCUT2D eigenvalue weighted by molar-refractivity contribution is 7.25. The Morgan fingerprint density at radius 3 is 1.81 bits per heavy atom. The third-order valence-corrected chi connectivity index (χ3v) is 12.6. The minimum Gasteiger partial charge on any atom is -0.135 e. The predicted octanol–water partition coefficient (Wildman–Crippen LogP) is 12.9. The molecule has 1 atom stereocenters. The third kappa shape index (κ3) is 2.90. The summed E-state index contributed by atoms with van der Waals surface area (Å²) in [6, 6.07) is 59.9. The van der Waals surface area contributed by atoms with Gasteiger partial charge in [0.15, 0.2) is 0 Å². The third-order valence-electron chi connectivity index (χ3n) is 11.4. The maximum absolute atomic E-state index is 2.56. The predicted molar refractivity (Wildman–Crippen MR) is 203 cm³/mol. The molecule has 1 unspecified atom stereocenters. The second-order valence-electron chi connectivity index (χ2n) is 13.5. The molecule has 220 valence electrons. The van der Waals surface area contributed by atoms with Crippen LogP contribution >= 0.6 is 11.3 Å². The van der Waals surface area contributed by atoms with Gasteiger partial charge in [-0.1, -0.05) is 127 Å². The highest BCUT2D eigenvalue weighted by Gasteiger charge is 2.52. The second kappa shape index (κ2) is 8.77. The maximum atomic E-state index is 2.56.